The Morgan fingerprint density at radius 2 is 1.75 bits per heavy atom. The predicted molar refractivity (Wildman–Crippen MR) is 61.0 cm³/mol. The lowest BCUT2D eigenvalue weighted by Crippen LogP contribution is -2.12. The number of hydrogen-bond donors (Lipinski definition) is 2. The van der Waals surface area contributed by atoms with Gasteiger partial charge in [0.1, 0.15) is 6.33 Å². The average Bonchev–Trinajstić information content (AvgIpc) is 2.30. The summed E-state index contributed by atoms with van der Waals surface area (Å²) in [6.45, 7) is 0. The van der Waals surface area contributed by atoms with Crippen LogP contribution in [0.3, 0.4) is 0 Å². The maximum absolute atomic E-state index is 11.2. The number of nitrogens with zero attached hydrogens (tertiary/aromatic N) is 2. The van der Waals surface area contributed by atoms with Gasteiger partial charge in [0.05, 0.1) is 0 Å². The van der Waals surface area contributed by atoms with Gasteiger partial charge in [-0.25, -0.2) is 9.97 Å². The number of benzene rings is 1. The van der Waals surface area contributed by atoms with Crippen molar-refractivity contribution in [2.24, 2.45) is 5.73 Å². The number of carbonyl (C=O) groups is 1. The first-order chi connectivity index (χ1) is 7.29. The summed E-state index contributed by atoms with van der Waals surface area (Å²) in [6, 6.07) is 7.12. The molecule has 5 N–H and O–H groups in total. The summed E-state index contributed by atoms with van der Waals surface area (Å²) in [5.74, 6) is -0.450. The second-order valence-corrected chi connectivity index (χ2v) is 3.04. The minimum Gasteiger partial charge on any atom is -0.366 e. The molecular formula is C11H12N4O. The molecule has 0 aliphatic heterocycles. The van der Waals surface area contributed by atoms with Crippen molar-refractivity contribution in [2.75, 3.05) is 0 Å². The quantitative estimate of drug-likeness (QED) is 0.791. The van der Waals surface area contributed by atoms with Crippen molar-refractivity contribution in [3.05, 3.63) is 48.5 Å². The van der Waals surface area contributed by atoms with Gasteiger partial charge in [0.2, 0.25) is 5.91 Å². The first-order valence-electron chi connectivity index (χ1n) is 4.43. The van der Waals surface area contributed by atoms with E-state index in [1.165, 1.54) is 6.33 Å². The maximum Gasteiger partial charge on any atom is 0.249 e. The molecule has 1 aromatic heterocycles. The zero-order valence-corrected chi connectivity index (χ0v) is 8.63. The van der Waals surface area contributed by atoms with Crippen molar-refractivity contribution in [3.63, 3.8) is 0 Å². The van der Waals surface area contributed by atoms with E-state index in [0.29, 0.717) is 5.56 Å². The number of rotatable bonds is 2. The smallest absolute Gasteiger partial charge is 0.249 e. The molecule has 0 fully saturated rings. The predicted octanol–water partition coefficient (Wildman–Crippen LogP) is 1.40. The van der Waals surface area contributed by atoms with Gasteiger partial charge in [-0.05, 0) is 11.6 Å². The highest BCUT2D eigenvalue weighted by molar-refractivity contribution is 5.99. The van der Waals surface area contributed by atoms with E-state index in [-0.39, 0.29) is 6.15 Å². The molecule has 0 spiro atoms. The van der Waals surface area contributed by atoms with Gasteiger partial charge in [0, 0.05) is 23.5 Å². The van der Waals surface area contributed by atoms with Gasteiger partial charge >= 0.3 is 0 Å². The van der Waals surface area contributed by atoms with Crippen LogP contribution in [-0.4, -0.2) is 15.9 Å². The van der Waals surface area contributed by atoms with E-state index < -0.39 is 5.91 Å². The molecule has 1 aromatic carbocycles. The minimum absolute atomic E-state index is 0. The van der Waals surface area contributed by atoms with Crippen LogP contribution in [0.4, 0.5) is 0 Å². The van der Waals surface area contributed by atoms with Crippen LogP contribution in [0.2, 0.25) is 0 Å². The monoisotopic (exact) mass is 216 g/mol. The number of amides is 1. The summed E-state index contributed by atoms with van der Waals surface area (Å²) in [4.78, 5) is 19.0. The van der Waals surface area contributed by atoms with Gasteiger partial charge in [0.25, 0.3) is 0 Å². The van der Waals surface area contributed by atoms with Crippen LogP contribution < -0.4 is 11.9 Å². The molecule has 2 aromatic rings. The third kappa shape index (κ3) is 2.21. The molecular weight excluding hydrogens is 204 g/mol. The van der Waals surface area contributed by atoms with Crippen LogP contribution in [0.5, 0.6) is 0 Å². The Bertz CT molecular complexity index is 484. The summed E-state index contributed by atoms with van der Waals surface area (Å²) < 4.78 is 0. The van der Waals surface area contributed by atoms with Crippen LogP contribution in [0.1, 0.15) is 10.4 Å². The SMILES string of the molecule is N.NC(=O)c1ccccc1-c1cncnc1. The highest BCUT2D eigenvalue weighted by Gasteiger charge is 2.08. The van der Waals surface area contributed by atoms with E-state index >= 15 is 0 Å². The van der Waals surface area contributed by atoms with Crippen LogP contribution >= 0.6 is 0 Å². The molecule has 1 amide bonds. The van der Waals surface area contributed by atoms with E-state index in [2.05, 4.69) is 9.97 Å². The molecule has 0 atom stereocenters. The Labute approximate surface area is 92.9 Å². The first kappa shape index (κ1) is 11.8. The van der Waals surface area contributed by atoms with Gasteiger partial charge in [-0.2, -0.15) is 0 Å². The second-order valence-electron chi connectivity index (χ2n) is 3.04. The van der Waals surface area contributed by atoms with E-state index in [1.807, 2.05) is 12.1 Å². The van der Waals surface area contributed by atoms with Crippen molar-refractivity contribution in [1.29, 1.82) is 0 Å². The Balaban J connectivity index is 0.00000128. The molecule has 82 valence electrons. The zero-order valence-electron chi connectivity index (χ0n) is 8.63. The van der Waals surface area contributed by atoms with Crippen molar-refractivity contribution in [1.82, 2.24) is 16.1 Å². The first-order valence-corrected chi connectivity index (χ1v) is 4.43. The minimum atomic E-state index is -0.450. The summed E-state index contributed by atoms with van der Waals surface area (Å²) in [5.41, 5.74) is 7.29. The summed E-state index contributed by atoms with van der Waals surface area (Å²) in [5, 5.41) is 0. The molecule has 0 bridgehead atoms. The Kier molecular flexibility index (Phi) is 3.68. The topological polar surface area (TPSA) is 104 Å². The van der Waals surface area contributed by atoms with Crippen molar-refractivity contribution >= 4 is 5.91 Å². The molecule has 5 heteroatoms. The molecule has 2 rings (SSSR count). The molecule has 5 nitrogen and oxygen atoms in total. The Hall–Kier alpha value is -2.27. The summed E-state index contributed by atoms with van der Waals surface area (Å²) in [6.07, 6.45) is 4.74. The lowest BCUT2D eigenvalue weighted by molar-refractivity contribution is 0.100. The fourth-order valence-corrected chi connectivity index (χ4v) is 1.39. The molecule has 0 saturated carbocycles. The fraction of sp³-hybridized carbons (Fsp3) is 0. The third-order valence-electron chi connectivity index (χ3n) is 2.06. The summed E-state index contributed by atoms with van der Waals surface area (Å²) >= 11 is 0. The second kappa shape index (κ2) is 4.99. The molecule has 0 unspecified atom stereocenters. The lowest BCUT2D eigenvalue weighted by atomic mass is 10.0. The van der Waals surface area contributed by atoms with Crippen LogP contribution in [0.25, 0.3) is 11.1 Å². The van der Waals surface area contributed by atoms with Gasteiger partial charge in [-0.3, -0.25) is 4.79 Å². The normalized spacial score (nSPS) is 9.25. The van der Waals surface area contributed by atoms with E-state index in [0.717, 1.165) is 11.1 Å². The molecule has 0 aliphatic rings. The highest BCUT2D eigenvalue weighted by atomic mass is 16.1. The van der Waals surface area contributed by atoms with Gasteiger partial charge in [-0.1, -0.05) is 18.2 Å². The van der Waals surface area contributed by atoms with Crippen LogP contribution in [-0.2, 0) is 0 Å². The molecule has 0 saturated heterocycles. The maximum atomic E-state index is 11.2. The van der Waals surface area contributed by atoms with Crippen LogP contribution in [0, 0.1) is 0 Å². The number of nitrogens with two attached hydrogens (primary N) is 1. The van der Waals surface area contributed by atoms with Gasteiger partial charge in [0.15, 0.2) is 0 Å². The summed E-state index contributed by atoms with van der Waals surface area (Å²) in [7, 11) is 0. The molecule has 0 radical (unpaired) electrons. The molecule has 16 heavy (non-hydrogen) atoms. The fourth-order valence-electron chi connectivity index (χ4n) is 1.39. The van der Waals surface area contributed by atoms with Crippen molar-refractivity contribution in [3.8, 4) is 11.1 Å². The van der Waals surface area contributed by atoms with E-state index in [9.17, 15) is 4.79 Å². The number of hydrogen-bond acceptors (Lipinski definition) is 4. The Morgan fingerprint density at radius 3 is 2.38 bits per heavy atom. The average molecular weight is 216 g/mol. The van der Waals surface area contributed by atoms with E-state index in [4.69, 9.17) is 5.73 Å². The lowest BCUT2D eigenvalue weighted by Gasteiger charge is -2.04. The van der Waals surface area contributed by atoms with E-state index in [1.54, 1.807) is 24.5 Å². The van der Waals surface area contributed by atoms with Crippen molar-refractivity contribution < 1.29 is 4.79 Å². The number of aromatic nitrogens is 2. The number of primary amides is 1. The van der Waals surface area contributed by atoms with Gasteiger partial charge < -0.3 is 11.9 Å². The number of carbonyl (C=O) groups excluding carboxylic acids is 1. The molecule has 1 heterocycles. The van der Waals surface area contributed by atoms with Gasteiger partial charge in [-0.15, -0.1) is 0 Å². The standard InChI is InChI=1S/C11H9N3O.H3N/c12-11(15)10-4-2-1-3-9(10)8-5-13-7-14-6-8;/h1-7H,(H2,12,15);1H3. The zero-order chi connectivity index (χ0) is 10.7. The third-order valence-corrected chi connectivity index (χ3v) is 2.06. The largest absolute Gasteiger partial charge is 0.366 e. The van der Waals surface area contributed by atoms with Crippen LogP contribution in [0.15, 0.2) is 43.0 Å². The molecule has 0 aliphatic carbocycles. The Morgan fingerprint density at radius 1 is 1.12 bits per heavy atom. The van der Waals surface area contributed by atoms with Crippen molar-refractivity contribution in [2.45, 2.75) is 0 Å². The highest BCUT2D eigenvalue weighted by Crippen LogP contribution is 2.21.